The van der Waals surface area contributed by atoms with Gasteiger partial charge in [-0.2, -0.15) is 0 Å². The van der Waals surface area contributed by atoms with Crippen LogP contribution in [0.3, 0.4) is 0 Å². The van der Waals surface area contributed by atoms with Crippen molar-refractivity contribution in [3.8, 4) is 5.75 Å². The van der Waals surface area contributed by atoms with E-state index in [2.05, 4.69) is 105 Å². The number of hydrogen-bond donors (Lipinski definition) is 1. The monoisotopic (exact) mass is 573 g/mol. The van der Waals surface area contributed by atoms with Gasteiger partial charge in [0.25, 0.3) is 0 Å². The number of halogens is 2. The minimum atomic E-state index is -0.316. The van der Waals surface area contributed by atoms with Crippen LogP contribution in [0.15, 0.2) is 87.3 Å². The summed E-state index contributed by atoms with van der Waals surface area (Å²) < 4.78 is 7.71. The molecule has 2 aliphatic rings. The number of nitrogens with one attached hydrogen (secondary N) is 1. The third-order valence-electron chi connectivity index (χ3n) is 7.07. The quantitative estimate of drug-likeness (QED) is 0.269. The van der Waals surface area contributed by atoms with E-state index in [1.54, 1.807) is 7.11 Å². The van der Waals surface area contributed by atoms with Gasteiger partial charge in [0.15, 0.2) is 0 Å². The molecule has 0 spiro atoms. The average molecular weight is 575 g/mol. The van der Waals surface area contributed by atoms with E-state index in [0.29, 0.717) is 0 Å². The Labute approximate surface area is 215 Å². The molecule has 1 aliphatic heterocycles. The van der Waals surface area contributed by atoms with Crippen molar-refractivity contribution in [1.82, 2.24) is 0 Å². The van der Waals surface area contributed by atoms with Gasteiger partial charge >= 0.3 is 0 Å². The molecular weight excluding hydrogens is 554 g/mol. The van der Waals surface area contributed by atoms with E-state index in [-0.39, 0.29) is 17.7 Å². The minimum absolute atomic E-state index is 0.0269. The third kappa shape index (κ3) is 3.10. The number of anilines is 1. The van der Waals surface area contributed by atoms with E-state index in [0.717, 1.165) is 53.4 Å². The van der Waals surface area contributed by atoms with Crippen molar-refractivity contribution >= 4 is 59.8 Å². The van der Waals surface area contributed by atoms with Gasteiger partial charge in [0.05, 0.1) is 18.7 Å². The maximum absolute atomic E-state index is 13.4. The summed E-state index contributed by atoms with van der Waals surface area (Å²) in [4.78, 5) is 13.4. The van der Waals surface area contributed by atoms with E-state index in [4.69, 9.17) is 4.74 Å². The first-order chi connectivity index (χ1) is 16.5. The molecule has 0 saturated heterocycles. The third-order valence-corrected chi connectivity index (χ3v) is 8.15. The van der Waals surface area contributed by atoms with Gasteiger partial charge in [0.1, 0.15) is 5.75 Å². The lowest BCUT2D eigenvalue weighted by atomic mass is 9.80. The second-order valence-electron chi connectivity index (χ2n) is 8.81. The fraction of sp³-hybridized carbons (Fsp3) is 0.138. The Kier molecular flexibility index (Phi) is 5.16. The molecule has 4 aromatic carbocycles. The van der Waals surface area contributed by atoms with Crippen LogP contribution < -0.4 is 10.1 Å². The lowest BCUT2D eigenvalue weighted by molar-refractivity contribution is -0.117. The molecule has 0 radical (unpaired) electrons. The Bertz CT molecular complexity index is 1540. The van der Waals surface area contributed by atoms with Crippen molar-refractivity contribution in [3.63, 3.8) is 0 Å². The Morgan fingerprint density at radius 1 is 0.882 bits per heavy atom. The lowest BCUT2D eigenvalue weighted by Crippen LogP contribution is -2.19. The van der Waals surface area contributed by atoms with E-state index >= 15 is 0 Å². The van der Waals surface area contributed by atoms with Crippen LogP contribution in [0.1, 0.15) is 41.0 Å². The SMILES string of the molecule is COc1ccc2ccccc2c1C1=C(C)C(C2C(=O)Nc3c(Br)cc(Br)cc32)c2ccccc21. The van der Waals surface area contributed by atoms with Crippen molar-refractivity contribution in [2.24, 2.45) is 0 Å². The molecule has 1 N–H and O–H groups in total. The van der Waals surface area contributed by atoms with Gasteiger partial charge < -0.3 is 10.1 Å². The minimum Gasteiger partial charge on any atom is -0.496 e. The molecule has 6 rings (SSSR count). The van der Waals surface area contributed by atoms with Crippen molar-refractivity contribution in [2.45, 2.75) is 18.8 Å². The molecule has 2 atom stereocenters. The zero-order valence-electron chi connectivity index (χ0n) is 18.7. The summed E-state index contributed by atoms with van der Waals surface area (Å²) in [6, 6.07) is 25.0. The van der Waals surface area contributed by atoms with Gasteiger partial charge in [-0.3, -0.25) is 4.79 Å². The molecule has 4 aromatic rings. The number of carbonyl (C=O) groups is 1. The summed E-state index contributed by atoms with van der Waals surface area (Å²) in [5.41, 5.74) is 7.63. The number of allylic oxidation sites excluding steroid dienone is 1. The Balaban J connectivity index is 1.64. The van der Waals surface area contributed by atoms with E-state index in [1.165, 1.54) is 11.1 Å². The number of fused-ring (bicyclic) bond motifs is 3. The molecular formula is C29H21Br2NO2. The smallest absolute Gasteiger partial charge is 0.232 e. The second kappa shape index (κ2) is 8.10. The molecule has 0 fully saturated rings. The predicted octanol–water partition coefficient (Wildman–Crippen LogP) is 8.03. The number of methoxy groups -OCH3 is 1. The number of carbonyl (C=O) groups excluding carboxylic acids is 1. The zero-order chi connectivity index (χ0) is 23.6. The number of rotatable bonds is 3. The molecule has 34 heavy (non-hydrogen) atoms. The van der Waals surface area contributed by atoms with E-state index in [1.807, 2.05) is 12.1 Å². The molecule has 3 nitrogen and oxygen atoms in total. The van der Waals surface area contributed by atoms with Crippen LogP contribution in [0.5, 0.6) is 5.75 Å². The van der Waals surface area contributed by atoms with Gasteiger partial charge in [0.2, 0.25) is 5.91 Å². The van der Waals surface area contributed by atoms with Crippen molar-refractivity contribution in [3.05, 3.63) is 110 Å². The highest BCUT2D eigenvalue weighted by molar-refractivity contribution is 9.11. The van der Waals surface area contributed by atoms with Crippen molar-refractivity contribution in [1.29, 1.82) is 0 Å². The summed E-state index contributed by atoms with van der Waals surface area (Å²) in [6.45, 7) is 2.17. The van der Waals surface area contributed by atoms with Gasteiger partial charge in [-0.1, -0.05) is 76.1 Å². The summed E-state index contributed by atoms with van der Waals surface area (Å²) >= 11 is 7.25. The van der Waals surface area contributed by atoms with Crippen LogP contribution in [0.4, 0.5) is 5.69 Å². The van der Waals surface area contributed by atoms with Crippen LogP contribution in [0.25, 0.3) is 16.3 Å². The summed E-state index contributed by atoms with van der Waals surface area (Å²) in [7, 11) is 1.72. The normalized spacial score (nSPS) is 18.8. The molecule has 2 unspecified atom stereocenters. The standard InChI is InChI=1S/C29H21Br2NO2/c1-15-24(26-18-8-4-3-7-16(18)11-12-23(26)34-2)19-9-5-6-10-20(19)25(15)27-21-13-17(30)14-22(31)28(21)32-29(27)33/h3-14,25,27H,1-2H3,(H,32,33). The molecule has 0 saturated carbocycles. The van der Waals surface area contributed by atoms with Gasteiger partial charge in [-0.05, 0) is 74.1 Å². The van der Waals surface area contributed by atoms with Gasteiger partial charge in [-0.15, -0.1) is 0 Å². The Morgan fingerprint density at radius 3 is 2.47 bits per heavy atom. The first-order valence-electron chi connectivity index (χ1n) is 11.2. The second-order valence-corrected chi connectivity index (χ2v) is 10.6. The van der Waals surface area contributed by atoms with Crippen molar-refractivity contribution in [2.75, 3.05) is 12.4 Å². The van der Waals surface area contributed by atoms with Crippen LogP contribution in [0.2, 0.25) is 0 Å². The first-order valence-corrected chi connectivity index (χ1v) is 12.7. The number of amides is 1. The molecule has 168 valence electrons. The zero-order valence-corrected chi connectivity index (χ0v) is 21.8. The fourth-order valence-corrected chi connectivity index (χ4v) is 7.04. The number of benzene rings is 4. The summed E-state index contributed by atoms with van der Waals surface area (Å²) in [6.07, 6.45) is 0. The Hall–Kier alpha value is -2.89. The number of hydrogen-bond acceptors (Lipinski definition) is 2. The predicted molar refractivity (Wildman–Crippen MR) is 145 cm³/mol. The topological polar surface area (TPSA) is 38.3 Å². The number of ether oxygens (including phenoxy) is 1. The van der Waals surface area contributed by atoms with Crippen molar-refractivity contribution < 1.29 is 9.53 Å². The van der Waals surface area contributed by atoms with Crippen LogP contribution in [-0.4, -0.2) is 13.0 Å². The largest absolute Gasteiger partial charge is 0.496 e. The summed E-state index contributed by atoms with van der Waals surface area (Å²) in [5.74, 6) is 0.477. The highest BCUT2D eigenvalue weighted by Gasteiger charge is 2.44. The van der Waals surface area contributed by atoms with Crippen LogP contribution in [0, 0.1) is 0 Å². The fourth-order valence-electron chi connectivity index (χ4n) is 5.68. The summed E-state index contributed by atoms with van der Waals surface area (Å²) in [5, 5.41) is 5.43. The lowest BCUT2D eigenvalue weighted by Gasteiger charge is -2.21. The molecule has 0 aromatic heterocycles. The average Bonchev–Trinajstić information content (AvgIpc) is 3.31. The Morgan fingerprint density at radius 2 is 1.65 bits per heavy atom. The molecule has 0 bridgehead atoms. The molecule has 5 heteroatoms. The van der Waals surface area contributed by atoms with E-state index < -0.39 is 0 Å². The molecule has 1 heterocycles. The first kappa shape index (κ1) is 21.6. The van der Waals surface area contributed by atoms with Gasteiger partial charge in [-0.25, -0.2) is 0 Å². The van der Waals surface area contributed by atoms with E-state index in [9.17, 15) is 4.79 Å². The molecule has 1 aliphatic carbocycles. The molecule has 1 amide bonds. The highest BCUT2D eigenvalue weighted by atomic mass is 79.9. The van der Waals surface area contributed by atoms with Crippen LogP contribution >= 0.6 is 31.9 Å². The maximum Gasteiger partial charge on any atom is 0.232 e. The highest BCUT2D eigenvalue weighted by Crippen LogP contribution is 2.56. The van der Waals surface area contributed by atoms with Crippen LogP contribution in [-0.2, 0) is 4.79 Å². The maximum atomic E-state index is 13.4. The van der Waals surface area contributed by atoms with Gasteiger partial charge in [0, 0.05) is 20.4 Å².